The third-order valence-electron chi connectivity index (χ3n) is 7.52. The van der Waals surface area contributed by atoms with Crippen LogP contribution in [0.1, 0.15) is 17.6 Å². The molecule has 2 unspecified atom stereocenters. The molecule has 2 aromatic heterocycles. The van der Waals surface area contributed by atoms with Crippen LogP contribution in [0.4, 0.5) is 4.39 Å². The Bertz CT molecular complexity index is 2080. The Morgan fingerprint density at radius 3 is 1.88 bits per heavy atom. The summed E-state index contributed by atoms with van der Waals surface area (Å²) in [5, 5.41) is 9.83. The van der Waals surface area contributed by atoms with E-state index < -0.39 is 46.4 Å². The van der Waals surface area contributed by atoms with Crippen LogP contribution in [0.25, 0.3) is 11.4 Å². The van der Waals surface area contributed by atoms with Crippen molar-refractivity contribution < 1.29 is 9.50 Å². The van der Waals surface area contributed by atoms with Gasteiger partial charge in [-0.15, -0.1) is 0 Å². The standard InChI is InChI=1S/C28H21FN6O5/c29-21-15-17(11-12-23(21)36)24-20-13-14-30-25(37)32(18-7-3-1-4-8-18)27(39)34(30)22(20)16-31-26(38)33(28(40)35(24)31)19-9-5-2-6-10-19/h1-13,15,22,24,36H,14,16H2. The molecular weight excluding hydrogens is 519 g/mol. The number of allylic oxidation sites excluding steroid dienone is 2. The lowest BCUT2D eigenvalue weighted by Crippen LogP contribution is -2.47. The van der Waals surface area contributed by atoms with Gasteiger partial charge in [0.1, 0.15) is 6.04 Å². The summed E-state index contributed by atoms with van der Waals surface area (Å²) in [7, 11) is 0. The molecule has 40 heavy (non-hydrogen) atoms. The fourth-order valence-electron chi connectivity index (χ4n) is 5.75. The van der Waals surface area contributed by atoms with Crippen molar-refractivity contribution in [1.82, 2.24) is 27.9 Å². The molecule has 0 aliphatic carbocycles. The Labute approximate surface area is 223 Å². The molecule has 12 heteroatoms. The van der Waals surface area contributed by atoms with Crippen molar-refractivity contribution >= 4 is 0 Å². The minimum atomic E-state index is -0.991. The first-order valence-electron chi connectivity index (χ1n) is 12.5. The monoisotopic (exact) mass is 540 g/mol. The number of benzene rings is 3. The molecule has 200 valence electrons. The van der Waals surface area contributed by atoms with Crippen molar-refractivity contribution in [2.45, 2.75) is 25.2 Å². The van der Waals surface area contributed by atoms with Crippen LogP contribution in [-0.2, 0) is 13.1 Å². The Morgan fingerprint density at radius 2 is 1.27 bits per heavy atom. The number of para-hydroxylation sites is 2. The Kier molecular flexibility index (Phi) is 5.07. The van der Waals surface area contributed by atoms with Gasteiger partial charge in [0, 0.05) is 0 Å². The van der Waals surface area contributed by atoms with E-state index in [0.717, 1.165) is 15.2 Å². The van der Waals surface area contributed by atoms with Gasteiger partial charge in [-0.1, -0.05) is 48.5 Å². The first-order valence-corrected chi connectivity index (χ1v) is 12.5. The third-order valence-corrected chi connectivity index (χ3v) is 7.52. The van der Waals surface area contributed by atoms with Crippen molar-refractivity contribution in [2.75, 3.05) is 0 Å². The molecule has 3 aromatic carbocycles. The topological polar surface area (TPSA) is 118 Å². The van der Waals surface area contributed by atoms with Crippen molar-refractivity contribution in [3.05, 3.63) is 144 Å². The largest absolute Gasteiger partial charge is 0.505 e. The number of rotatable bonds is 3. The summed E-state index contributed by atoms with van der Waals surface area (Å²) in [4.78, 5) is 54.6. The summed E-state index contributed by atoms with van der Waals surface area (Å²) in [6.07, 6.45) is 1.73. The van der Waals surface area contributed by atoms with Gasteiger partial charge in [0.25, 0.3) is 0 Å². The number of hydrogen-bond acceptors (Lipinski definition) is 5. The normalized spacial score (nSPS) is 17.6. The number of fused-ring (bicyclic) bond motifs is 4. The first-order chi connectivity index (χ1) is 19.4. The maximum absolute atomic E-state index is 14.6. The Hall–Kier alpha value is -5.39. The van der Waals surface area contributed by atoms with Gasteiger partial charge in [-0.25, -0.2) is 51.4 Å². The van der Waals surface area contributed by atoms with Gasteiger partial charge in [-0.3, -0.25) is 0 Å². The van der Waals surface area contributed by atoms with Crippen LogP contribution in [-0.4, -0.2) is 33.0 Å². The van der Waals surface area contributed by atoms with E-state index in [-0.39, 0.29) is 13.1 Å². The molecule has 1 N–H and O–H groups in total. The zero-order valence-corrected chi connectivity index (χ0v) is 20.8. The van der Waals surface area contributed by atoms with Crippen LogP contribution in [0.2, 0.25) is 0 Å². The maximum Gasteiger partial charge on any atom is 0.352 e. The molecule has 0 fully saturated rings. The molecule has 2 aliphatic heterocycles. The van der Waals surface area contributed by atoms with Crippen molar-refractivity contribution in [3.8, 4) is 17.1 Å². The van der Waals surface area contributed by atoms with E-state index in [0.29, 0.717) is 22.5 Å². The minimum absolute atomic E-state index is 0.0230. The summed E-state index contributed by atoms with van der Waals surface area (Å²) in [6.45, 7) is -0.0931. The second-order valence-electron chi connectivity index (χ2n) is 9.66. The molecule has 7 rings (SSSR count). The van der Waals surface area contributed by atoms with E-state index in [1.807, 2.05) is 0 Å². The average Bonchev–Trinajstić information content (AvgIpc) is 3.38. The van der Waals surface area contributed by atoms with E-state index in [9.17, 15) is 28.7 Å². The summed E-state index contributed by atoms with van der Waals surface area (Å²) in [6, 6.07) is 18.8. The van der Waals surface area contributed by atoms with E-state index in [1.165, 1.54) is 30.9 Å². The van der Waals surface area contributed by atoms with E-state index in [2.05, 4.69) is 0 Å². The number of phenols is 1. The van der Waals surface area contributed by atoms with Crippen molar-refractivity contribution in [2.24, 2.45) is 0 Å². The third kappa shape index (κ3) is 3.22. The Balaban J connectivity index is 1.50. The predicted octanol–water partition coefficient (Wildman–Crippen LogP) is 1.54. The van der Waals surface area contributed by atoms with Gasteiger partial charge >= 0.3 is 22.8 Å². The van der Waals surface area contributed by atoms with Crippen LogP contribution >= 0.6 is 0 Å². The number of aromatic nitrogens is 6. The van der Waals surface area contributed by atoms with E-state index in [4.69, 9.17) is 0 Å². The molecule has 11 nitrogen and oxygen atoms in total. The SMILES string of the molecule is O=c1n(-c2ccccc2)c(=O)n2n1CC=C1C2Cn2c(=O)n(-c3ccccc3)c(=O)n2C1c1ccc(O)c(F)c1. The molecule has 0 saturated heterocycles. The lowest BCUT2D eigenvalue weighted by atomic mass is 9.90. The highest BCUT2D eigenvalue weighted by molar-refractivity contribution is 5.39. The maximum atomic E-state index is 14.6. The van der Waals surface area contributed by atoms with Crippen LogP contribution in [0.5, 0.6) is 5.75 Å². The number of phenolic OH excluding ortho intramolecular Hbond substituents is 1. The van der Waals surface area contributed by atoms with E-state index in [1.54, 1.807) is 66.7 Å². The molecule has 4 heterocycles. The predicted molar refractivity (Wildman–Crippen MR) is 142 cm³/mol. The number of aromatic hydroxyl groups is 1. The first kappa shape index (κ1) is 23.7. The second-order valence-corrected chi connectivity index (χ2v) is 9.66. The highest BCUT2D eigenvalue weighted by Gasteiger charge is 2.41. The molecule has 0 spiro atoms. The minimum Gasteiger partial charge on any atom is -0.505 e. The Morgan fingerprint density at radius 1 is 0.700 bits per heavy atom. The lowest BCUT2D eigenvalue weighted by Gasteiger charge is -2.37. The summed E-state index contributed by atoms with van der Waals surface area (Å²) in [5.74, 6) is -1.46. The molecule has 2 atom stereocenters. The summed E-state index contributed by atoms with van der Waals surface area (Å²) >= 11 is 0. The highest BCUT2D eigenvalue weighted by Crippen LogP contribution is 2.39. The average molecular weight is 541 g/mol. The number of halogens is 1. The van der Waals surface area contributed by atoms with Crippen LogP contribution in [0, 0.1) is 5.82 Å². The van der Waals surface area contributed by atoms with Gasteiger partial charge in [-0.2, -0.15) is 0 Å². The summed E-state index contributed by atoms with van der Waals surface area (Å²) < 4.78 is 21.7. The van der Waals surface area contributed by atoms with Crippen LogP contribution in [0.15, 0.2) is 110 Å². The summed E-state index contributed by atoms with van der Waals surface area (Å²) in [5.41, 5.74) is -0.858. The smallest absolute Gasteiger partial charge is 0.352 e. The van der Waals surface area contributed by atoms with E-state index >= 15 is 0 Å². The molecular formula is C28H21FN6O5. The highest BCUT2D eigenvalue weighted by atomic mass is 19.1. The lowest BCUT2D eigenvalue weighted by molar-refractivity contribution is 0.245. The van der Waals surface area contributed by atoms with Gasteiger partial charge in [0.2, 0.25) is 0 Å². The molecule has 0 saturated carbocycles. The molecule has 2 aliphatic rings. The van der Waals surface area contributed by atoms with Crippen molar-refractivity contribution in [3.63, 3.8) is 0 Å². The fourth-order valence-corrected chi connectivity index (χ4v) is 5.75. The van der Waals surface area contributed by atoms with Gasteiger partial charge in [0.15, 0.2) is 11.6 Å². The van der Waals surface area contributed by atoms with Crippen LogP contribution in [0.3, 0.4) is 0 Å². The number of nitrogens with zero attached hydrogens (tertiary/aromatic N) is 6. The quantitative estimate of drug-likeness (QED) is 0.349. The van der Waals surface area contributed by atoms with Crippen molar-refractivity contribution in [1.29, 1.82) is 0 Å². The zero-order valence-electron chi connectivity index (χ0n) is 20.8. The molecule has 0 amide bonds. The zero-order chi connectivity index (χ0) is 27.7. The van der Waals surface area contributed by atoms with Gasteiger partial charge < -0.3 is 5.11 Å². The second kappa shape index (κ2) is 8.56. The fraction of sp³-hybridized carbons (Fsp3) is 0.143. The molecule has 0 radical (unpaired) electrons. The molecule has 0 bridgehead atoms. The van der Waals surface area contributed by atoms with Crippen LogP contribution < -0.4 is 22.8 Å². The molecule has 5 aromatic rings. The van der Waals surface area contributed by atoms with Gasteiger partial charge in [-0.05, 0) is 47.5 Å². The van der Waals surface area contributed by atoms with Gasteiger partial charge in [0.05, 0.1) is 30.5 Å². The number of hydrogen-bond donors (Lipinski definition) is 1.